The third-order valence-corrected chi connectivity index (χ3v) is 4.08. The Kier molecular flexibility index (Phi) is 3.69. The Hall–Kier alpha value is -1.85. The molecule has 2 N–H and O–H groups in total. The van der Waals surface area contributed by atoms with Gasteiger partial charge in [-0.1, -0.05) is 6.07 Å². The molecule has 1 aromatic carbocycles. The van der Waals surface area contributed by atoms with E-state index in [1.54, 1.807) is 7.05 Å². The largest absolute Gasteiger partial charge is 0.363 e. The van der Waals surface area contributed by atoms with Crippen LogP contribution in [-0.4, -0.2) is 48.1 Å². The first-order valence-corrected chi connectivity index (χ1v) is 7.25. The SMILES string of the molecule is CNC(=O)C1(C)CN(Cc2ccc3[nH]ccc3c2)CCO1. The molecule has 1 aromatic heterocycles. The van der Waals surface area contributed by atoms with E-state index in [0.29, 0.717) is 13.2 Å². The highest BCUT2D eigenvalue weighted by Gasteiger charge is 2.38. The van der Waals surface area contributed by atoms with Gasteiger partial charge in [0.2, 0.25) is 0 Å². The lowest BCUT2D eigenvalue weighted by atomic mass is 10.0. The van der Waals surface area contributed by atoms with Crippen molar-refractivity contribution >= 4 is 16.8 Å². The van der Waals surface area contributed by atoms with Crippen LogP contribution < -0.4 is 5.32 Å². The fourth-order valence-corrected chi connectivity index (χ4v) is 2.95. The zero-order chi connectivity index (χ0) is 14.9. The normalized spacial score (nSPS) is 23.3. The molecule has 1 atom stereocenters. The van der Waals surface area contributed by atoms with Crippen molar-refractivity contribution in [3.63, 3.8) is 0 Å². The molecule has 5 heteroatoms. The average molecular weight is 287 g/mol. The summed E-state index contributed by atoms with van der Waals surface area (Å²) in [6.45, 7) is 4.72. The van der Waals surface area contributed by atoms with Crippen LogP contribution in [0.1, 0.15) is 12.5 Å². The number of nitrogens with one attached hydrogen (secondary N) is 2. The van der Waals surface area contributed by atoms with E-state index < -0.39 is 5.60 Å². The van der Waals surface area contributed by atoms with Gasteiger partial charge in [0.05, 0.1) is 6.61 Å². The molecule has 0 radical (unpaired) electrons. The van der Waals surface area contributed by atoms with Crippen LogP contribution in [0.25, 0.3) is 10.9 Å². The highest BCUT2D eigenvalue weighted by molar-refractivity contribution is 5.85. The predicted octanol–water partition coefficient (Wildman–Crippen LogP) is 1.50. The maximum atomic E-state index is 12.0. The molecule has 2 heterocycles. The summed E-state index contributed by atoms with van der Waals surface area (Å²) in [5, 5.41) is 3.90. The quantitative estimate of drug-likeness (QED) is 0.899. The number of rotatable bonds is 3. The number of benzene rings is 1. The molecule has 0 bridgehead atoms. The summed E-state index contributed by atoms with van der Waals surface area (Å²) in [4.78, 5) is 17.4. The lowest BCUT2D eigenvalue weighted by Crippen LogP contribution is -2.57. The summed E-state index contributed by atoms with van der Waals surface area (Å²) in [5.41, 5.74) is 1.64. The van der Waals surface area contributed by atoms with Gasteiger partial charge in [0.15, 0.2) is 5.60 Å². The van der Waals surface area contributed by atoms with Crippen LogP contribution in [0.2, 0.25) is 0 Å². The van der Waals surface area contributed by atoms with E-state index in [1.807, 2.05) is 13.1 Å². The van der Waals surface area contributed by atoms with Crippen LogP contribution >= 0.6 is 0 Å². The Bertz CT molecular complexity index is 652. The molecule has 1 fully saturated rings. The van der Waals surface area contributed by atoms with E-state index in [-0.39, 0.29) is 5.91 Å². The van der Waals surface area contributed by atoms with Gasteiger partial charge in [0.1, 0.15) is 0 Å². The van der Waals surface area contributed by atoms with Gasteiger partial charge in [-0.05, 0) is 36.1 Å². The Labute approximate surface area is 124 Å². The number of aromatic nitrogens is 1. The number of hydrogen-bond donors (Lipinski definition) is 2. The van der Waals surface area contributed by atoms with Gasteiger partial charge in [-0.25, -0.2) is 0 Å². The molecule has 2 aromatic rings. The van der Waals surface area contributed by atoms with E-state index in [2.05, 4.69) is 39.5 Å². The average Bonchev–Trinajstić information content (AvgIpc) is 2.94. The van der Waals surface area contributed by atoms with Crippen molar-refractivity contribution in [1.82, 2.24) is 15.2 Å². The number of carbonyl (C=O) groups excluding carboxylic acids is 1. The van der Waals surface area contributed by atoms with Crippen LogP contribution in [0.4, 0.5) is 0 Å². The van der Waals surface area contributed by atoms with E-state index in [0.717, 1.165) is 18.6 Å². The third-order valence-electron chi connectivity index (χ3n) is 4.08. The van der Waals surface area contributed by atoms with Crippen molar-refractivity contribution in [2.24, 2.45) is 0 Å². The zero-order valence-electron chi connectivity index (χ0n) is 12.5. The number of morpholine rings is 1. The van der Waals surface area contributed by atoms with E-state index in [1.165, 1.54) is 10.9 Å². The highest BCUT2D eigenvalue weighted by atomic mass is 16.5. The molecule has 0 saturated carbocycles. The molecule has 1 aliphatic rings. The van der Waals surface area contributed by atoms with E-state index >= 15 is 0 Å². The Morgan fingerprint density at radius 2 is 2.33 bits per heavy atom. The minimum absolute atomic E-state index is 0.0618. The van der Waals surface area contributed by atoms with Crippen molar-refractivity contribution in [2.75, 3.05) is 26.7 Å². The number of fused-ring (bicyclic) bond motifs is 1. The molecular weight excluding hydrogens is 266 g/mol. The summed E-state index contributed by atoms with van der Waals surface area (Å²) in [5.74, 6) is -0.0618. The minimum Gasteiger partial charge on any atom is -0.363 e. The number of H-pyrrole nitrogens is 1. The number of hydrogen-bond acceptors (Lipinski definition) is 3. The Morgan fingerprint density at radius 1 is 1.48 bits per heavy atom. The van der Waals surface area contributed by atoms with Gasteiger partial charge < -0.3 is 15.0 Å². The fraction of sp³-hybridized carbons (Fsp3) is 0.438. The Morgan fingerprint density at radius 3 is 3.14 bits per heavy atom. The van der Waals surface area contributed by atoms with Gasteiger partial charge in [-0.3, -0.25) is 9.69 Å². The van der Waals surface area contributed by atoms with Gasteiger partial charge in [-0.15, -0.1) is 0 Å². The second-order valence-corrected chi connectivity index (χ2v) is 5.77. The molecule has 1 amide bonds. The molecule has 1 unspecified atom stereocenters. The molecular formula is C16H21N3O2. The molecule has 21 heavy (non-hydrogen) atoms. The number of aromatic amines is 1. The second kappa shape index (κ2) is 5.50. The first kappa shape index (κ1) is 14.1. The van der Waals surface area contributed by atoms with Crippen molar-refractivity contribution in [2.45, 2.75) is 19.1 Å². The van der Waals surface area contributed by atoms with Crippen molar-refractivity contribution < 1.29 is 9.53 Å². The van der Waals surface area contributed by atoms with Crippen LogP contribution in [0.15, 0.2) is 30.5 Å². The first-order chi connectivity index (χ1) is 10.1. The maximum absolute atomic E-state index is 12.0. The number of likely N-dealkylation sites (N-methyl/N-ethyl adjacent to an activating group) is 1. The van der Waals surface area contributed by atoms with E-state index in [9.17, 15) is 4.79 Å². The van der Waals surface area contributed by atoms with Gasteiger partial charge >= 0.3 is 0 Å². The summed E-state index contributed by atoms with van der Waals surface area (Å²) in [7, 11) is 1.65. The van der Waals surface area contributed by atoms with Crippen LogP contribution in [0.5, 0.6) is 0 Å². The molecule has 0 spiro atoms. The lowest BCUT2D eigenvalue weighted by molar-refractivity contribution is -0.156. The summed E-state index contributed by atoms with van der Waals surface area (Å²) >= 11 is 0. The minimum atomic E-state index is -0.759. The molecule has 0 aliphatic carbocycles. The first-order valence-electron chi connectivity index (χ1n) is 7.25. The van der Waals surface area contributed by atoms with Crippen LogP contribution in [-0.2, 0) is 16.1 Å². The number of amides is 1. The van der Waals surface area contributed by atoms with Gasteiger partial charge in [-0.2, -0.15) is 0 Å². The van der Waals surface area contributed by atoms with Gasteiger partial charge in [0, 0.05) is 38.4 Å². The monoisotopic (exact) mass is 287 g/mol. The summed E-state index contributed by atoms with van der Waals surface area (Å²) < 4.78 is 5.69. The lowest BCUT2D eigenvalue weighted by Gasteiger charge is -2.39. The standard InChI is InChI=1S/C16H21N3O2/c1-16(15(20)17-2)11-19(7-8-21-16)10-12-3-4-14-13(9-12)5-6-18-14/h3-6,9,18H,7-8,10-11H2,1-2H3,(H,17,20). The highest BCUT2D eigenvalue weighted by Crippen LogP contribution is 2.21. The molecule has 1 aliphatic heterocycles. The van der Waals surface area contributed by atoms with E-state index in [4.69, 9.17) is 4.74 Å². The summed E-state index contributed by atoms with van der Waals surface area (Å²) in [6.07, 6.45) is 1.95. The number of carbonyl (C=O) groups is 1. The third kappa shape index (κ3) is 2.80. The van der Waals surface area contributed by atoms with Crippen LogP contribution in [0.3, 0.4) is 0 Å². The number of ether oxygens (including phenoxy) is 1. The molecule has 5 nitrogen and oxygen atoms in total. The topological polar surface area (TPSA) is 57.4 Å². The smallest absolute Gasteiger partial charge is 0.253 e. The zero-order valence-corrected chi connectivity index (χ0v) is 12.5. The van der Waals surface area contributed by atoms with Gasteiger partial charge in [0.25, 0.3) is 5.91 Å². The molecule has 1 saturated heterocycles. The predicted molar refractivity (Wildman–Crippen MR) is 82.0 cm³/mol. The number of nitrogens with zero attached hydrogens (tertiary/aromatic N) is 1. The maximum Gasteiger partial charge on any atom is 0.253 e. The Balaban J connectivity index is 1.73. The van der Waals surface area contributed by atoms with Crippen molar-refractivity contribution in [3.05, 3.63) is 36.0 Å². The molecule has 112 valence electrons. The van der Waals surface area contributed by atoms with Crippen LogP contribution in [0, 0.1) is 0 Å². The fourth-order valence-electron chi connectivity index (χ4n) is 2.95. The second-order valence-electron chi connectivity index (χ2n) is 5.77. The van der Waals surface area contributed by atoms with Crippen molar-refractivity contribution in [1.29, 1.82) is 0 Å². The summed E-state index contributed by atoms with van der Waals surface area (Å²) in [6, 6.07) is 8.50. The molecule has 3 rings (SSSR count). The van der Waals surface area contributed by atoms with Crippen molar-refractivity contribution in [3.8, 4) is 0 Å².